The summed E-state index contributed by atoms with van der Waals surface area (Å²) in [5.74, 6) is 0.189. The molecule has 0 spiro atoms. The first-order valence-corrected chi connectivity index (χ1v) is 8.48. The van der Waals surface area contributed by atoms with Gasteiger partial charge in [0.2, 0.25) is 10.0 Å². The Labute approximate surface area is 103 Å². The van der Waals surface area contributed by atoms with Crippen molar-refractivity contribution in [2.45, 2.75) is 32.2 Å². The highest BCUT2D eigenvalue weighted by Crippen LogP contribution is 2.18. The van der Waals surface area contributed by atoms with Crippen LogP contribution in [0, 0.1) is 0 Å². The molecule has 0 aromatic heterocycles. The van der Waals surface area contributed by atoms with E-state index in [1.54, 1.807) is 0 Å². The Morgan fingerprint density at radius 1 is 1.21 bits per heavy atom. The fraction of sp³-hybridized carbons (Fsp3) is 1.00. The van der Waals surface area contributed by atoms with Crippen LogP contribution in [0.2, 0.25) is 0 Å². The minimum Gasteiger partial charge on any atom is -0.212 e. The summed E-state index contributed by atoms with van der Waals surface area (Å²) in [5, 5.41) is 1.23. The van der Waals surface area contributed by atoms with Gasteiger partial charge >= 0.3 is 0 Å². The summed E-state index contributed by atoms with van der Waals surface area (Å²) in [4.78, 5) is 0. The van der Waals surface area contributed by atoms with E-state index in [2.05, 4.69) is 36.6 Å². The van der Waals surface area contributed by atoms with Crippen LogP contribution < -0.4 is 4.72 Å². The topological polar surface area (TPSA) is 46.2 Å². The molecule has 86 valence electrons. The molecule has 0 heterocycles. The second-order valence-electron chi connectivity index (χ2n) is 3.32. The molecule has 14 heavy (non-hydrogen) atoms. The molecule has 0 amide bonds. The van der Waals surface area contributed by atoms with Crippen LogP contribution in [0.4, 0.5) is 0 Å². The normalized spacial score (nSPS) is 13.1. The van der Waals surface area contributed by atoms with E-state index in [1.807, 2.05) is 13.8 Å². The summed E-state index contributed by atoms with van der Waals surface area (Å²) in [5.41, 5.74) is -0.395. The zero-order chi connectivity index (χ0) is 11.2. The van der Waals surface area contributed by atoms with Gasteiger partial charge in [-0.2, -0.15) is 0 Å². The molecule has 0 aromatic carbocycles. The molecule has 0 rings (SSSR count). The first-order chi connectivity index (χ1) is 6.45. The van der Waals surface area contributed by atoms with Crippen molar-refractivity contribution in [2.75, 3.05) is 16.4 Å². The first kappa shape index (κ1) is 14.9. The van der Waals surface area contributed by atoms with E-state index in [9.17, 15) is 8.42 Å². The maximum Gasteiger partial charge on any atom is 0.212 e. The smallest absolute Gasteiger partial charge is 0.212 e. The minimum absolute atomic E-state index is 0.189. The van der Waals surface area contributed by atoms with Crippen molar-refractivity contribution >= 4 is 41.9 Å². The molecule has 0 radical (unpaired) electrons. The fourth-order valence-corrected chi connectivity index (χ4v) is 4.96. The summed E-state index contributed by atoms with van der Waals surface area (Å²) in [6.45, 7) is 3.83. The molecule has 0 bridgehead atoms. The molecule has 1 N–H and O–H groups in total. The van der Waals surface area contributed by atoms with Crippen LogP contribution >= 0.6 is 31.9 Å². The molecule has 0 saturated heterocycles. The lowest BCUT2D eigenvalue weighted by atomic mass is 10.0. The van der Waals surface area contributed by atoms with Gasteiger partial charge < -0.3 is 0 Å². The third kappa shape index (κ3) is 4.59. The molecule has 0 saturated carbocycles. The van der Waals surface area contributed by atoms with Gasteiger partial charge in [-0.15, -0.1) is 0 Å². The first-order valence-electron chi connectivity index (χ1n) is 4.59. The third-order valence-corrected chi connectivity index (χ3v) is 5.87. The van der Waals surface area contributed by atoms with Crippen LogP contribution in [0.5, 0.6) is 0 Å². The number of halogens is 2. The lowest BCUT2D eigenvalue weighted by Crippen LogP contribution is -2.51. The van der Waals surface area contributed by atoms with Crippen LogP contribution in [-0.4, -0.2) is 30.4 Å². The highest BCUT2D eigenvalue weighted by Gasteiger charge is 2.30. The molecule has 0 aliphatic heterocycles. The SMILES string of the molecule is CCCS(=O)(=O)NC(CC)(CBr)CBr. The van der Waals surface area contributed by atoms with Crippen molar-refractivity contribution in [3.05, 3.63) is 0 Å². The van der Waals surface area contributed by atoms with E-state index in [1.165, 1.54) is 0 Å². The summed E-state index contributed by atoms with van der Waals surface area (Å²) in [6.07, 6.45) is 1.39. The van der Waals surface area contributed by atoms with E-state index < -0.39 is 15.6 Å². The number of hydrogen-bond acceptors (Lipinski definition) is 2. The van der Waals surface area contributed by atoms with Gasteiger partial charge in [0.25, 0.3) is 0 Å². The maximum atomic E-state index is 11.6. The quantitative estimate of drug-likeness (QED) is 0.716. The van der Waals surface area contributed by atoms with Crippen molar-refractivity contribution in [2.24, 2.45) is 0 Å². The van der Waals surface area contributed by atoms with Crippen LogP contribution in [0.25, 0.3) is 0 Å². The number of sulfonamides is 1. The Balaban J connectivity index is 4.59. The summed E-state index contributed by atoms with van der Waals surface area (Å²) in [7, 11) is -3.14. The van der Waals surface area contributed by atoms with Crippen LogP contribution in [-0.2, 0) is 10.0 Å². The van der Waals surface area contributed by atoms with Crippen LogP contribution in [0.3, 0.4) is 0 Å². The van der Waals surface area contributed by atoms with Crippen LogP contribution in [0.15, 0.2) is 0 Å². The minimum atomic E-state index is -3.14. The van der Waals surface area contributed by atoms with Gasteiger partial charge in [0, 0.05) is 10.7 Å². The summed E-state index contributed by atoms with van der Waals surface area (Å²) in [6, 6.07) is 0. The molecule has 0 unspecified atom stereocenters. The van der Waals surface area contributed by atoms with Gasteiger partial charge in [0.15, 0.2) is 0 Å². The van der Waals surface area contributed by atoms with Gasteiger partial charge in [0.1, 0.15) is 0 Å². The molecular weight excluding hydrogens is 334 g/mol. The van der Waals surface area contributed by atoms with Gasteiger partial charge in [-0.1, -0.05) is 45.7 Å². The second kappa shape index (κ2) is 6.45. The monoisotopic (exact) mass is 349 g/mol. The van der Waals surface area contributed by atoms with Crippen molar-refractivity contribution in [1.29, 1.82) is 0 Å². The molecule has 6 heteroatoms. The predicted molar refractivity (Wildman–Crippen MR) is 67.8 cm³/mol. The van der Waals surface area contributed by atoms with Crippen LogP contribution in [0.1, 0.15) is 26.7 Å². The molecular formula is C8H17Br2NO2S. The number of alkyl halides is 2. The lowest BCUT2D eigenvalue weighted by Gasteiger charge is -2.29. The van der Waals surface area contributed by atoms with E-state index in [4.69, 9.17) is 0 Å². The Bertz CT molecular complexity index is 242. The van der Waals surface area contributed by atoms with E-state index >= 15 is 0 Å². The average Bonchev–Trinajstić information content (AvgIpc) is 2.14. The molecule has 0 aliphatic rings. The summed E-state index contributed by atoms with van der Waals surface area (Å²) < 4.78 is 25.9. The van der Waals surface area contributed by atoms with Crippen molar-refractivity contribution < 1.29 is 8.42 Å². The number of hydrogen-bond donors (Lipinski definition) is 1. The Morgan fingerprint density at radius 3 is 2.00 bits per heavy atom. The van der Waals surface area contributed by atoms with Gasteiger partial charge in [-0.05, 0) is 12.8 Å². The highest BCUT2D eigenvalue weighted by molar-refractivity contribution is 9.09. The number of rotatable bonds is 7. The molecule has 0 aromatic rings. The van der Waals surface area contributed by atoms with Crippen molar-refractivity contribution in [1.82, 2.24) is 4.72 Å². The van der Waals surface area contributed by atoms with E-state index in [0.29, 0.717) is 17.1 Å². The second-order valence-corrected chi connectivity index (χ2v) is 6.29. The van der Waals surface area contributed by atoms with Gasteiger partial charge in [-0.3, -0.25) is 0 Å². The Kier molecular flexibility index (Phi) is 6.85. The van der Waals surface area contributed by atoms with Crippen molar-refractivity contribution in [3.63, 3.8) is 0 Å². The predicted octanol–water partition coefficient (Wildman–Crippen LogP) is 2.25. The number of nitrogens with one attached hydrogen (secondary N) is 1. The Morgan fingerprint density at radius 2 is 1.71 bits per heavy atom. The van der Waals surface area contributed by atoms with Gasteiger partial charge in [0.05, 0.1) is 11.3 Å². The average molecular weight is 351 g/mol. The Hall–Kier alpha value is 0.870. The van der Waals surface area contributed by atoms with Crippen molar-refractivity contribution in [3.8, 4) is 0 Å². The third-order valence-electron chi connectivity index (χ3n) is 2.03. The molecule has 0 aliphatic carbocycles. The fourth-order valence-electron chi connectivity index (χ4n) is 1.00. The zero-order valence-electron chi connectivity index (χ0n) is 8.52. The lowest BCUT2D eigenvalue weighted by molar-refractivity contribution is 0.459. The highest BCUT2D eigenvalue weighted by atomic mass is 79.9. The largest absolute Gasteiger partial charge is 0.212 e. The van der Waals surface area contributed by atoms with E-state index in [0.717, 1.165) is 6.42 Å². The standard InChI is InChI=1S/C8H17Br2NO2S/c1-3-5-14(12,13)11-8(4-2,6-9)7-10/h11H,3-7H2,1-2H3. The molecule has 0 fully saturated rings. The summed E-state index contributed by atoms with van der Waals surface area (Å²) >= 11 is 6.68. The van der Waals surface area contributed by atoms with Gasteiger partial charge in [-0.25, -0.2) is 13.1 Å². The van der Waals surface area contributed by atoms with E-state index in [-0.39, 0.29) is 5.75 Å². The zero-order valence-corrected chi connectivity index (χ0v) is 12.5. The maximum absolute atomic E-state index is 11.6. The molecule has 3 nitrogen and oxygen atoms in total. The molecule has 0 atom stereocenters.